The number of aliphatic hydroxyl groups is 1. The second-order valence-corrected chi connectivity index (χ2v) is 2.82. The van der Waals surface area contributed by atoms with Crippen molar-refractivity contribution in [3.05, 3.63) is 0 Å². The van der Waals surface area contributed by atoms with Crippen LogP contribution in [0.1, 0.15) is 0 Å². The highest BCUT2D eigenvalue weighted by atomic mass is 32.2. The summed E-state index contributed by atoms with van der Waals surface area (Å²) in [7, 11) is 3.06. The maximum absolute atomic E-state index is 9.35. The molecule has 5 nitrogen and oxygen atoms in total. The molecule has 0 aromatic heterocycles. The van der Waals surface area contributed by atoms with Crippen molar-refractivity contribution in [2.45, 2.75) is 6.23 Å². The van der Waals surface area contributed by atoms with Gasteiger partial charge in [-0.1, -0.05) is 5.16 Å². The van der Waals surface area contributed by atoms with Crippen LogP contribution in [0, 0.1) is 0 Å². The average molecular weight is 205 g/mol. The van der Waals surface area contributed by atoms with Gasteiger partial charge in [-0.3, -0.25) is 10.3 Å². The SMILES string of the molecule is CNC(O)/C(CN=CSC)=N\OC. The van der Waals surface area contributed by atoms with Gasteiger partial charge in [-0.05, 0) is 13.3 Å². The first-order chi connectivity index (χ1) is 6.26. The van der Waals surface area contributed by atoms with Gasteiger partial charge in [-0.2, -0.15) is 0 Å². The number of hydrogen-bond donors (Lipinski definition) is 2. The Bertz CT molecular complexity index is 185. The van der Waals surface area contributed by atoms with Crippen LogP contribution < -0.4 is 5.32 Å². The molecule has 76 valence electrons. The molecule has 0 bridgehead atoms. The lowest BCUT2D eigenvalue weighted by molar-refractivity contribution is 0.182. The summed E-state index contributed by atoms with van der Waals surface area (Å²) in [5, 5.41) is 15.6. The Morgan fingerprint density at radius 3 is 2.92 bits per heavy atom. The van der Waals surface area contributed by atoms with Gasteiger partial charge in [0.05, 0.1) is 12.1 Å². The lowest BCUT2D eigenvalue weighted by Gasteiger charge is -2.09. The van der Waals surface area contributed by atoms with Crippen LogP contribution >= 0.6 is 11.8 Å². The maximum Gasteiger partial charge on any atom is 0.149 e. The van der Waals surface area contributed by atoms with Crippen molar-refractivity contribution in [2.24, 2.45) is 10.1 Å². The molecule has 0 aliphatic carbocycles. The predicted octanol–water partition coefficient (Wildman–Crippen LogP) is -0.0821. The Balaban J connectivity index is 4.10. The van der Waals surface area contributed by atoms with Crippen molar-refractivity contribution in [2.75, 3.05) is 27.0 Å². The quantitative estimate of drug-likeness (QED) is 0.275. The molecule has 0 aromatic carbocycles. The zero-order valence-electron chi connectivity index (χ0n) is 8.02. The van der Waals surface area contributed by atoms with Crippen LogP contribution in [0.5, 0.6) is 0 Å². The molecule has 1 atom stereocenters. The normalized spacial score (nSPS) is 14.9. The van der Waals surface area contributed by atoms with E-state index in [0.29, 0.717) is 12.3 Å². The molecule has 0 aliphatic heterocycles. The minimum absolute atomic E-state index is 0.330. The molecule has 0 rings (SSSR count). The second kappa shape index (κ2) is 8.03. The number of nitrogens with one attached hydrogen (secondary N) is 1. The number of thioether (sulfide) groups is 1. The molecular weight excluding hydrogens is 190 g/mol. The molecule has 13 heavy (non-hydrogen) atoms. The highest BCUT2D eigenvalue weighted by Crippen LogP contribution is 1.90. The highest BCUT2D eigenvalue weighted by molar-refractivity contribution is 8.11. The fraction of sp³-hybridized carbons (Fsp3) is 0.714. The Morgan fingerprint density at radius 1 is 1.77 bits per heavy atom. The van der Waals surface area contributed by atoms with Crippen LogP contribution in [0.3, 0.4) is 0 Å². The zero-order chi connectivity index (χ0) is 10.1. The van der Waals surface area contributed by atoms with E-state index in [4.69, 9.17) is 0 Å². The molecule has 0 radical (unpaired) electrons. The third kappa shape index (κ3) is 5.62. The van der Waals surface area contributed by atoms with E-state index in [2.05, 4.69) is 20.3 Å². The van der Waals surface area contributed by atoms with Crippen molar-refractivity contribution >= 4 is 23.0 Å². The first-order valence-corrected chi connectivity index (χ1v) is 5.01. The summed E-state index contributed by atoms with van der Waals surface area (Å²) in [4.78, 5) is 8.57. The van der Waals surface area contributed by atoms with Gasteiger partial charge in [0.25, 0.3) is 0 Å². The summed E-state index contributed by atoms with van der Waals surface area (Å²) in [6, 6.07) is 0. The minimum Gasteiger partial charge on any atom is -0.399 e. The van der Waals surface area contributed by atoms with Gasteiger partial charge in [-0.25, -0.2) is 0 Å². The van der Waals surface area contributed by atoms with Crippen LogP contribution in [0.15, 0.2) is 10.1 Å². The van der Waals surface area contributed by atoms with E-state index in [-0.39, 0.29) is 0 Å². The molecule has 2 N–H and O–H groups in total. The third-order valence-electron chi connectivity index (χ3n) is 1.23. The van der Waals surface area contributed by atoms with Gasteiger partial charge in [0.2, 0.25) is 0 Å². The van der Waals surface area contributed by atoms with Gasteiger partial charge >= 0.3 is 0 Å². The van der Waals surface area contributed by atoms with Gasteiger partial charge < -0.3 is 9.94 Å². The van der Waals surface area contributed by atoms with Crippen molar-refractivity contribution in [1.82, 2.24) is 5.32 Å². The number of aliphatic imine (C=N–C) groups is 1. The molecule has 6 heteroatoms. The molecule has 0 amide bonds. The molecule has 1 unspecified atom stereocenters. The molecule has 0 aromatic rings. The summed E-state index contributed by atoms with van der Waals surface area (Å²) in [5.74, 6) is 0. The summed E-state index contributed by atoms with van der Waals surface area (Å²) in [5.41, 5.74) is 2.14. The first kappa shape index (κ1) is 12.4. The molecule has 0 fully saturated rings. The minimum atomic E-state index is -0.807. The number of oxime groups is 1. The van der Waals surface area contributed by atoms with Gasteiger partial charge in [-0.15, -0.1) is 11.8 Å². The number of nitrogens with zero attached hydrogens (tertiary/aromatic N) is 2. The standard InChI is InChI=1S/C7H15N3O2S/c1-8-7(11)6(10-12-2)4-9-5-13-3/h5,7-8,11H,4H2,1-3H3/b9-5?,10-6-. The van der Waals surface area contributed by atoms with Gasteiger partial charge in [0.1, 0.15) is 19.0 Å². The number of hydrogen-bond acceptors (Lipinski definition) is 6. The summed E-state index contributed by atoms with van der Waals surface area (Å²) < 4.78 is 0. The third-order valence-corrected chi connectivity index (χ3v) is 1.59. The van der Waals surface area contributed by atoms with E-state index in [1.54, 1.807) is 12.6 Å². The smallest absolute Gasteiger partial charge is 0.149 e. The Kier molecular flexibility index (Phi) is 7.66. The largest absolute Gasteiger partial charge is 0.399 e. The molecule has 0 spiro atoms. The van der Waals surface area contributed by atoms with Crippen molar-refractivity contribution in [1.29, 1.82) is 0 Å². The summed E-state index contributed by atoms with van der Waals surface area (Å²) in [6.45, 7) is 0.330. The van der Waals surface area contributed by atoms with Crippen LogP contribution in [-0.2, 0) is 4.84 Å². The van der Waals surface area contributed by atoms with Crippen molar-refractivity contribution < 1.29 is 9.94 Å². The van der Waals surface area contributed by atoms with E-state index < -0.39 is 6.23 Å². The highest BCUT2D eigenvalue weighted by Gasteiger charge is 2.09. The van der Waals surface area contributed by atoms with E-state index in [1.807, 2.05) is 6.26 Å². The topological polar surface area (TPSA) is 66.2 Å². The fourth-order valence-electron chi connectivity index (χ4n) is 0.654. The van der Waals surface area contributed by atoms with E-state index in [1.165, 1.54) is 18.9 Å². The van der Waals surface area contributed by atoms with Crippen LogP contribution in [0.4, 0.5) is 0 Å². The molecule has 0 heterocycles. The Hall–Kier alpha value is -0.590. The maximum atomic E-state index is 9.35. The molecule has 0 saturated carbocycles. The van der Waals surface area contributed by atoms with Crippen LogP contribution in [0.25, 0.3) is 0 Å². The van der Waals surface area contributed by atoms with Crippen molar-refractivity contribution in [3.8, 4) is 0 Å². The van der Waals surface area contributed by atoms with E-state index in [9.17, 15) is 5.11 Å². The van der Waals surface area contributed by atoms with E-state index in [0.717, 1.165) is 0 Å². The lowest BCUT2D eigenvalue weighted by Crippen LogP contribution is -2.35. The zero-order valence-corrected chi connectivity index (χ0v) is 8.84. The second-order valence-electron chi connectivity index (χ2n) is 2.14. The van der Waals surface area contributed by atoms with Crippen LogP contribution in [0.2, 0.25) is 0 Å². The van der Waals surface area contributed by atoms with Gasteiger partial charge in [0.15, 0.2) is 0 Å². The Labute approximate surface area is 82.3 Å². The monoisotopic (exact) mass is 205 g/mol. The number of rotatable bonds is 6. The molecular formula is C7H15N3O2S. The van der Waals surface area contributed by atoms with Gasteiger partial charge in [0, 0.05) is 0 Å². The fourth-order valence-corrected chi connectivity index (χ4v) is 0.878. The molecule has 0 aliphatic rings. The number of aliphatic hydroxyl groups excluding tert-OH is 1. The lowest BCUT2D eigenvalue weighted by atomic mass is 10.3. The van der Waals surface area contributed by atoms with E-state index >= 15 is 0 Å². The van der Waals surface area contributed by atoms with Crippen LogP contribution in [-0.4, -0.2) is 49.6 Å². The summed E-state index contributed by atoms with van der Waals surface area (Å²) >= 11 is 1.49. The Morgan fingerprint density at radius 2 is 2.46 bits per heavy atom. The van der Waals surface area contributed by atoms with Crippen molar-refractivity contribution in [3.63, 3.8) is 0 Å². The average Bonchev–Trinajstić information content (AvgIpc) is 2.16. The summed E-state index contributed by atoms with van der Waals surface area (Å²) in [6.07, 6.45) is 1.10. The predicted molar refractivity (Wildman–Crippen MR) is 56.4 cm³/mol. The first-order valence-electron chi connectivity index (χ1n) is 3.72. The molecule has 0 saturated heterocycles.